The molecule has 2 nitrogen and oxygen atoms in total. The zero-order valence-electron chi connectivity index (χ0n) is 6.58. The quantitative estimate of drug-likeness (QED) is 0.560. The van der Waals surface area contributed by atoms with E-state index in [1.165, 1.54) is 19.5 Å². The summed E-state index contributed by atoms with van der Waals surface area (Å²) in [5.41, 5.74) is 0.988. The predicted octanol–water partition coefficient (Wildman–Crippen LogP) is 1.30. The highest BCUT2D eigenvalue weighted by Gasteiger charge is 2.26. The molecule has 1 atom stereocenters. The summed E-state index contributed by atoms with van der Waals surface area (Å²) in [7, 11) is 0. The molecule has 0 aromatic carbocycles. The second-order valence-corrected chi connectivity index (χ2v) is 3.32. The number of rotatable bonds is 1. The SMILES string of the molecule is N#CC1=CCC(N2CCC2)C1. The van der Waals surface area contributed by atoms with Crippen molar-refractivity contribution >= 4 is 0 Å². The molecule has 1 aliphatic carbocycles. The largest absolute Gasteiger partial charge is 0.300 e. The molecule has 1 saturated heterocycles. The summed E-state index contributed by atoms with van der Waals surface area (Å²) in [5.74, 6) is 0. The van der Waals surface area contributed by atoms with Crippen LogP contribution in [0.25, 0.3) is 0 Å². The second-order valence-electron chi connectivity index (χ2n) is 3.32. The van der Waals surface area contributed by atoms with Crippen molar-refractivity contribution in [3.8, 4) is 6.07 Å². The van der Waals surface area contributed by atoms with Crippen molar-refractivity contribution < 1.29 is 0 Å². The monoisotopic (exact) mass is 148 g/mol. The van der Waals surface area contributed by atoms with Gasteiger partial charge in [0.1, 0.15) is 0 Å². The second kappa shape index (κ2) is 2.67. The van der Waals surface area contributed by atoms with Gasteiger partial charge in [0.05, 0.1) is 6.07 Å². The zero-order chi connectivity index (χ0) is 7.68. The standard InChI is InChI=1S/C9H12N2/c10-7-8-2-3-9(6-8)11-4-1-5-11/h2,9H,1,3-6H2. The van der Waals surface area contributed by atoms with Crippen molar-refractivity contribution in [3.63, 3.8) is 0 Å². The molecule has 2 heteroatoms. The Morgan fingerprint density at radius 1 is 1.55 bits per heavy atom. The minimum Gasteiger partial charge on any atom is -0.300 e. The fourth-order valence-corrected chi connectivity index (χ4v) is 1.77. The Labute approximate surface area is 67.1 Å². The normalized spacial score (nSPS) is 30.8. The molecule has 1 aliphatic heterocycles. The molecule has 0 spiro atoms. The van der Waals surface area contributed by atoms with E-state index in [1.54, 1.807) is 0 Å². The lowest BCUT2D eigenvalue weighted by molar-refractivity contribution is 0.124. The van der Waals surface area contributed by atoms with Gasteiger partial charge in [-0.25, -0.2) is 0 Å². The molecule has 0 N–H and O–H groups in total. The fourth-order valence-electron chi connectivity index (χ4n) is 1.77. The molecule has 0 bridgehead atoms. The first-order valence-corrected chi connectivity index (χ1v) is 4.23. The Bertz CT molecular complexity index is 220. The van der Waals surface area contributed by atoms with E-state index < -0.39 is 0 Å². The highest BCUT2D eigenvalue weighted by molar-refractivity contribution is 5.26. The third-order valence-electron chi connectivity index (χ3n) is 2.64. The van der Waals surface area contributed by atoms with Gasteiger partial charge in [0.15, 0.2) is 0 Å². The maximum atomic E-state index is 8.62. The van der Waals surface area contributed by atoms with Gasteiger partial charge in [-0.2, -0.15) is 5.26 Å². The lowest BCUT2D eigenvalue weighted by Crippen LogP contribution is -2.43. The molecule has 0 aromatic rings. The van der Waals surface area contributed by atoms with Gasteiger partial charge in [-0.05, 0) is 32.4 Å². The lowest BCUT2D eigenvalue weighted by Gasteiger charge is -2.36. The smallest absolute Gasteiger partial charge is 0.0944 e. The molecule has 58 valence electrons. The summed E-state index contributed by atoms with van der Waals surface area (Å²) < 4.78 is 0. The summed E-state index contributed by atoms with van der Waals surface area (Å²) in [6.07, 6.45) is 5.53. The average molecular weight is 148 g/mol. The van der Waals surface area contributed by atoms with Crippen LogP contribution in [0.4, 0.5) is 0 Å². The third kappa shape index (κ3) is 1.17. The van der Waals surface area contributed by atoms with E-state index in [0.29, 0.717) is 6.04 Å². The van der Waals surface area contributed by atoms with Gasteiger partial charge in [0.2, 0.25) is 0 Å². The summed E-state index contributed by atoms with van der Waals surface area (Å²) in [6, 6.07) is 2.90. The zero-order valence-corrected chi connectivity index (χ0v) is 6.58. The van der Waals surface area contributed by atoms with Gasteiger partial charge < -0.3 is 0 Å². The Balaban J connectivity index is 1.89. The van der Waals surface area contributed by atoms with Crippen LogP contribution in [0.3, 0.4) is 0 Å². The molecule has 11 heavy (non-hydrogen) atoms. The lowest BCUT2D eigenvalue weighted by atomic mass is 10.1. The van der Waals surface area contributed by atoms with Crippen molar-refractivity contribution in [1.29, 1.82) is 5.26 Å². The molecular weight excluding hydrogens is 136 g/mol. The minimum atomic E-state index is 0.665. The van der Waals surface area contributed by atoms with E-state index >= 15 is 0 Å². The van der Waals surface area contributed by atoms with Gasteiger partial charge in [0, 0.05) is 11.6 Å². The topological polar surface area (TPSA) is 27.0 Å². The average Bonchev–Trinajstić information content (AvgIpc) is 2.32. The summed E-state index contributed by atoms with van der Waals surface area (Å²) in [5, 5.41) is 8.62. The molecular formula is C9H12N2. The first kappa shape index (κ1) is 6.87. The Kier molecular flexibility index (Phi) is 1.67. The molecule has 1 unspecified atom stereocenters. The molecule has 2 rings (SSSR count). The van der Waals surface area contributed by atoms with E-state index in [2.05, 4.69) is 17.0 Å². The number of nitriles is 1. The molecule has 2 aliphatic rings. The van der Waals surface area contributed by atoms with Crippen LogP contribution in [0.5, 0.6) is 0 Å². The van der Waals surface area contributed by atoms with Gasteiger partial charge in [-0.3, -0.25) is 4.90 Å². The Morgan fingerprint density at radius 2 is 2.36 bits per heavy atom. The van der Waals surface area contributed by atoms with Gasteiger partial charge in [0.25, 0.3) is 0 Å². The van der Waals surface area contributed by atoms with Crippen LogP contribution in [0.2, 0.25) is 0 Å². The minimum absolute atomic E-state index is 0.665. The van der Waals surface area contributed by atoms with Crippen LogP contribution in [0, 0.1) is 11.3 Å². The van der Waals surface area contributed by atoms with Crippen LogP contribution in [-0.4, -0.2) is 24.0 Å². The molecule has 0 radical (unpaired) electrons. The van der Waals surface area contributed by atoms with E-state index in [9.17, 15) is 0 Å². The van der Waals surface area contributed by atoms with Gasteiger partial charge in [-0.1, -0.05) is 6.08 Å². The number of hydrogen-bond donors (Lipinski definition) is 0. The van der Waals surface area contributed by atoms with Crippen LogP contribution in [0.15, 0.2) is 11.6 Å². The van der Waals surface area contributed by atoms with Crippen molar-refractivity contribution in [2.45, 2.75) is 25.3 Å². The van der Waals surface area contributed by atoms with Crippen LogP contribution >= 0.6 is 0 Å². The highest BCUT2D eigenvalue weighted by Crippen LogP contribution is 2.26. The van der Waals surface area contributed by atoms with Crippen LogP contribution in [-0.2, 0) is 0 Å². The molecule has 0 amide bonds. The van der Waals surface area contributed by atoms with Crippen LogP contribution in [0.1, 0.15) is 19.3 Å². The van der Waals surface area contributed by atoms with E-state index in [1.807, 2.05) is 0 Å². The first-order valence-electron chi connectivity index (χ1n) is 4.23. The van der Waals surface area contributed by atoms with E-state index in [4.69, 9.17) is 5.26 Å². The van der Waals surface area contributed by atoms with E-state index in [-0.39, 0.29) is 0 Å². The molecule has 0 saturated carbocycles. The van der Waals surface area contributed by atoms with Crippen molar-refractivity contribution in [2.24, 2.45) is 0 Å². The van der Waals surface area contributed by atoms with E-state index in [0.717, 1.165) is 18.4 Å². The van der Waals surface area contributed by atoms with Crippen LogP contribution < -0.4 is 0 Å². The number of hydrogen-bond acceptors (Lipinski definition) is 2. The fraction of sp³-hybridized carbons (Fsp3) is 0.667. The maximum absolute atomic E-state index is 8.62. The number of nitrogens with zero attached hydrogens (tertiary/aromatic N) is 2. The predicted molar refractivity (Wildman–Crippen MR) is 42.9 cm³/mol. The molecule has 1 fully saturated rings. The summed E-state index contributed by atoms with van der Waals surface area (Å²) in [6.45, 7) is 2.49. The molecule has 0 aromatic heterocycles. The number of likely N-dealkylation sites (tertiary alicyclic amines) is 1. The maximum Gasteiger partial charge on any atom is 0.0944 e. The molecule has 1 heterocycles. The van der Waals surface area contributed by atoms with Crippen molar-refractivity contribution in [1.82, 2.24) is 4.90 Å². The summed E-state index contributed by atoms with van der Waals surface area (Å²) >= 11 is 0. The van der Waals surface area contributed by atoms with Crippen molar-refractivity contribution in [3.05, 3.63) is 11.6 Å². The Morgan fingerprint density at radius 3 is 2.82 bits per heavy atom. The first-order chi connectivity index (χ1) is 5.40. The summed E-state index contributed by atoms with van der Waals surface area (Å²) in [4.78, 5) is 2.47. The third-order valence-corrected chi connectivity index (χ3v) is 2.64. The van der Waals surface area contributed by atoms with Crippen molar-refractivity contribution in [2.75, 3.05) is 13.1 Å². The Hall–Kier alpha value is -0.810. The van der Waals surface area contributed by atoms with Gasteiger partial charge in [-0.15, -0.1) is 0 Å². The highest BCUT2D eigenvalue weighted by atomic mass is 15.2. The van der Waals surface area contributed by atoms with Gasteiger partial charge >= 0.3 is 0 Å².